The molecule has 0 unspecified atom stereocenters. The molecule has 1 aromatic carbocycles. The second-order valence-corrected chi connectivity index (χ2v) is 24.2. The highest BCUT2D eigenvalue weighted by Crippen LogP contribution is 2.40. The van der Waals surface area contributed by atoms with Crippen molar-refractivity contribution in [3.05, 3.63) is 106 Å². The molecular weight excluding hydrogens is 1180 g/mol. The van der Waals surface area contributed by atoms with E-state index in [0.29, 0.717) is 89.4 Å². The summed E-state index contributed by atoms with van der Waals surface area (Å²) in [6.45, 7) is 1.07. The number of nitrogens with one attached hydrogen (secondary N) is 6. The molecule has 10 rings (SSSR count). The van der Waals surface area contributed by atoms with Crippen molar-refractivity contribution in [2.45, 2.75) is 69.9 Å². The molecule has 1 aliphatic heterocycles. The molecule has 8 heterocycles. The average molecular weight is 1220 g/mol. The number of rotatable bonds is 10. The normalized spacial score (nSPS) is 18.1. The van der Waals surface area contributed by atoms with E-state index in [2.05, 4.69) is 46.9 Å². The number of fused-ring (bicyclic) bond motifs is 14. The van der Waals surface area contributed by atoms with Crippen molar-refractivity contribution < 1.29 is 52.9 Å². The lowest BCUT2D eigenvalue weighted by Crippen LogP contribution is -2.40. The number of esters is 1. The Balaban J connectivity index is 1.00. The van der Waals surface area contributed by atoms with Gasteiger partial charge in [0.05, 0.1) is 49.2 Å². The van der Waals surface area contributed by atoms with Crippen molar-refractivity contribution in [1.82, 2.24) is 56.2 Å². The van der Waals surface area contributed by atoms with Crippen molar-refractivity contribution >= 4 is 121 Å². The number of pyridine rings is 1. The number of methoxy groups -OCH3 is 2. The number of ether oxygens (including phenoxy) is 3. The zero-order chi connectivity index (χ0) is 57.6. The topological polar surface area (TPSA) is 330 Å². The van der Waals surface area contributed by atoms with Crippen molar-refractivity contribution in [2.75, 3.05) is 38.4 Å². The van der Waals surface area contributed by atoms with Crippen molar-refractivity contribution in [1.29, 1.82) is 0 Å². The molecular formula is C52H49N13O11S6. The zero-order valence-corrected chi connectivity index (χ0v) is 48.7. The fourth-order valence-electron chi connectivity index (χ4n) is 8.85. The number of hydrogen-bond acceptors (Lipinski definition) is 24. The Bertz CT molecular complexity index is 3700. The van der Waals surface area contributed by atoms with Gasteiger partial charge in [0.15, 0.2) is 5.13 Å². The van der Waals surface area contributed by atoms with Crippen LogP contribution in [0.3, 0.4) is 0 Å². The fourth-order valence-corrected chi connectivity index (χ4v) is 14.0. The first-order valence-corrected chi connectivity index (χ1v) is 30.3. The van der Waals surface area contributed by atoms with E-state index in [1.165, 1.54) is 55.3 Å². The van der Waals surface area contributed by atoms with Crippen LogP contribution >= 0.6 is 68.0 Å². The van der Waals surface area contributed by atoms with Crippen molar-refractivity contribution in [3.8, 4) is 43.4 Å². The molecule has 7 aromatic heterocycles. The number of aliphatic hydroxyl groups is 1. The summed E-state index contributed by atoms with van der Waals surface area (Å²) in [7, 11) is 4.24. The van der Waals surface area contributed by atoms with E-state index in [1.54, 1.807) is 70.9 Å². The van der Waals surface area contributed by atoms with E-state index < -0.39 is 60.4 Å². The summed E-state index contributed by atoms with van der Waals surface area (Å²) >= 11 is 6.91. The quantitative estimate of drug-likeness (QED) is 0.0644. The Morgan fingerprint density at radius 3 is 2.22 bits per heavy atom. The van der Waals surface area contributed by atoms with E-state index in [0.717, 1.165) is 34.0 Å². The van der Waals surface area contributed by atoms with Crippen LogP contribution in [0.25, 0.3) is 43.4 Å². The lowest BCUT2D eigenvalue weighted by Gasteiger charge is -2.26. The van der Waals surface area contributed by atoms with Crippen LogP contribution in [-0.2, 0) is 35.2 Å². The molecule has 8 aromatic rings. The van der Waals surface area contributed by atoms with Crippen LogP contribution in [0.2, 0.25) is 0 Å². The first-order chi connectivity index (χ1) is 39.6. The molecule has 2 aliphatic rings. The van der Waals surface area contributed by atoms with E-state index in [4.69, 9.17) is 34.1 Å². The van der Waals surface area contributed by atoms with Gasteiger partial charge < -0.3 is 40.6 Å². The molecule has 0 radical (unpaired) electrons. The van der Waals surface area contributed by atoms with Crippen LogP contribution in [0.15, 0.2) is 64.0 Å². The summed E-state index contributed by atoms with van der Waals surface area (Å²) < 4.78 is 15.9. The molecule has 3 atom stereocenters. The zero-order valence-electron chi connectivity index (χ0n) is 43.8. The minimum Gasteiger partial charge on any atom is -0.469 e. The minimum atomic E-state index is -1.28. The maximum Gasteiger partial charge on any atom is 0.413 e. The van der Waals surface area contributed by atoms with Crippen LogP contribution in [0.1, 0.15) is 107 Å². The van der Waals surface area contributed by atoms with E-state index in [-0.39, 0.29) is 64.1 Å². The highest BCUT2D eigenvalue weighted by Gasteiger charge is 2.33. The second-order valence-electron chi connectivity index (χ2n) is 18.4. The van der Waals surface area contributed by atoms with Gasteiger partial charge in [0.2, 0.25) is 11.8 Å². The number of benzene rings is 1. The first-order valence-electron chi connectivity index (χ1n) is 25.1. The van der Waals surface area contributed by atoms with Gasteiger partial charge in [-0.1, -0.05) is 41.7 Å². The molecule has 24 nitrogen and oxygen atoms in total. The third-order valence-electron chi connectivity index (χ3n) is 12.9. The minimum absolute atomic E-state index is 0.0131. The number of aliphatic hydroxyl groups excluding tert-OH is 1. The average Bonchev–Trinajstić information content (AvgIpc) is 4.02. The predicted octanol–water partition coefficient (Wildman–Crippen LogP) is 7.72. The summed E-state index contributed by atoms with van der Waals surface area (Å²) in [5.74, 6) is -3.39. The van der Waals surface area contributed by atoms with Gasteiger partial charge in [-0.15, -0.1) is 56.7 Å². The maximum atomic E-state index is 14.2. The highest BCUT2D eigenvalue weighted by molar-refractivity contribution is 7.16. The lowest BCUT2D eigenvalue weighted by molar-refractivity contribution is -0.147. The van der Waals surface area contributed by atoms with Gasteiger partial charge in [0.1, 0.15) is 83.3 Å². The number of aryl methyl sites for hydroxylation is 1. The summed E-state index contributed by atoms with van der Waals surface area (Å²) in [6.07, 6.45) is -0.472. The van der Waals surface area contributed by atoms with Gasteiger partial charge in [0.25, 0.3) is 17.7 Å². The smallest absolute Gasteiger partial charge is 0.413 e. The molecule has 0 spiro atoms. The Morgan fingerprint density at radius 2 is 1.45 bits per heavy atom. The van der Waals surface area contributed by atoms with Gasteiger partial charge in [-0.05, 0) is 50.3 Å². The number of amides is 6. The van der Waals surface area contributed by atoms with Gasteiger partial charge in [-0.3, -0.25) is 39.4 Å². The summed E-state index contributed by atoms with van der Waals surface area (Å²) in [4.78, 5) is 128. The van der Waals surface area contributed by atoms with E-state index in [1.807, 2.05) is 0 Å². The Hall–Kier alpha value is -7.84. The van der Waals surface area contributed by atoms with Gasteiger partial charge >= 0.3 is 12.1 Å². The van der Waals surface area contributed by atoms with Crippen LogP contribution < -0.4 is 31.9 Å². The molecule has 1 fully saturated rings. The van der Waals surface area contributed by atoms with E-state index in [9.17, 15) is 38.7 Å². The molecule has 6 amide bonds. The van der Waals surface area contributed by atoms with Gasteiger partial charge in [0, 0.05) is 46.1 Å². The maximum absolute atomic E-state index is 14.2. The molecule has 30 heteroatoms. The third-order valence-corrected chi connectivity index (χ3v) is 18.5. The number of thiazole rings is 6. The fraction of sp³-hybridized carbons (Fsp3) is 0.308. The molecule has 1 saturated carbocycles. The third kappa shape index (κ3) is 13.1. The monoisotopic (exact) mass is 1220 g/mol. The Labute approximate surface area is 490 Å². The summed E-state index contributed by atoms with van der Waals surface area (Å²) in [5, 5.41) is 36.8. The number of nitrogens with zero attached hydrogens (tertiary/aromatic N) is 7. The second kappa shape index (κ2) is 25.5. The number of hydrogen-bond donors (Lipinski definition) is 7. The van der Waals surface area contributed by atoms with Gasteiger partial charge in [-0.2, -0.15) is 0 Å². The lowest BCUT2D eigenvalue weighted by atomic mass is 9.87. The largest absolute Gasteiger partial charge is 0.469 e. The molecule has 82 heavy (non-hydrogen) atoms. The van der Waals surface area contributed by atoms with Crippen LogP contribution in [0, 0.1) is 12.8 Å². The van der Waals surface area contributed by atoms with Crippen LogP contribution in [0.5, 0.6) is 0 Å². The molecule has 7 N–H and O–H groups in total. The van der Waals surface area contributed by atoms with Gasteiger partial charge in [-0.25, -0.2) is 39.7 Å². The first kappa shape index (κ1) is 57.4. The molecule has 424 valence electrons. The number of aromatic nitrogens is 7. The molecule has 0 saturated heterocycles. The molecule has 1 aliphatic carbocycles. The Kier molecular flexibility index (Phi) is 17.9. The predicted molar refractivity (Wildman–Crippen MR) is 308 cm³/mol. The SMILES string of the molecule is CNC(=O)C[C@@H]1NC(=O)c2csc(n2)-c2ccc(-c3nc(NC(=O)OC4CCC(C(=O)OC)CC4)cs3)nc2-c2csc(n2)-c2csc(n2)[C@H]([C@@H](O)c2ccccc2)NC(=O)CNC(=O)c2nc(sc2COC)NC(=O)c2nc1sc2C. The molecule has 10 bridgehead atoms. The van der Waals surface area contributed by atoms with Crippen LogP contribution in [0.4, 0.5) is 15.7 Å². The van der Waals surface area contributed by atoms with Crippen molar-refractivity contribution in [2.24, 2.45) is 5.92 Å². The van der Waals surface area contributed by atoms with Crippen LogP contribution in [-0.4, -0.2) is 116 Å². The summed E-state index contributed by atoms with van der Waals surface area (Å²) in [6, 6.07) is 10.1. The number of carbonyl (C=O) groups excluding carboxylic acids is 7. The summed E-state index contributed by atoms with van der Waals surface area (Å²) in [5.41, 5.74) is 2.48. The number of carbonyl (C=O) groups is 7. The Morgan fingerprint density at radius 1 is 0.720 bits per heavy atom. The number of anilines is 2. The highest BCUT2D eigenvalue weighted by atomic mass is 32.1. The van der Waals surface area contributed by atoms with Crippen molar-refractivity contribution in [3.63, 3.8) is 0 Å². The van der Waals surface area contributed by atoms with E-state index >= 15 is 0 Å². The standard InChI is InChI=1S/C52H49N13O11S6/c1-23-37-44(71)65-51-64-39(33(82-51)18-74-3)43(70)54-17-36(67)62-40(41(68)24-8-6-5-7-9-24)49-59-32(21-79-49)47-57-30(19-78-47)38-27(45-58-31(20-77-45)42(69)56-29(16-35(66)53-2)48(63-37)81-23)14-15-28(55-38)46-60-34(22-80-46)61-52(73)76-26-12-10-25(11-13-26)50(72)75-4/h5-9,14-15,19-22,25-26,29,40-41,68H,10-13,16-18H2,1-4H3,(H,53,66)(H,54,70)(H,56,69)(H,61,73)(H,62,67)(H,64,65,71)/t25?,26?,29-,40-,41-/m0/s1.